The highest BCUT2D eigenvalue weighted by Crippen LogP contribution is 2.28. The summed E-state index contributed by atoms with van der Waals surface area (Å²) >= 11 is 0. The quantitative estimate of drug-likeness (QED) is 0.806. The van der Waals surface area contributed by atoms with Gasteiger partial charge in [-0.05, 0) is 31.1 Å². The fraction of sp³-hybridized carbons (Fsp3) is 0.375. The number of hydrogen-bond donors (Lipinski definition) is 1. The fourth-order valence-electron chi connectivity index (χ4n) is 2.19. The molecule has 0 aromatic heterocycles. The van der Waals surface area contributed by atoms with E-state index in [2.05, 4.69) is 48.6 Å². The molecule has 0 unspecified atom stereocenters. The molecule has 19 heavy (non-hydrogen) atoms. The van der Waals surface area contributed by atoms with E-state index in [4.69, 9.17) is 4.74 Å². The van der Waals surface area contributed by atoms with Crippen LogP contribution in [0.2, 0.25) is 0 Å². The molecule has 102 valence electrons. The molecule has 0 bridgehead atoms. The first kappa shape index (κ1) is 13.8. The molecule has 2 aromatic rings. The van der Waals surface area contributed by atoms with Gasteiger partial charge in [0.05, 0.1) is 7.11 Å². The lowest BCUT2D eigenvalue weighted by Crippen LogP contribution is -2.26. The Balaban J connectivity index is 2.15. The van der Waals surface area contributed by atoms with Crippen molar-refractivity contribution in [2.45, 2.75) is 6.54 Å². The summed E-state index contributed by atoms with van der Waals surface area (Å²) < 4.78 is 5.41. The molecule has 3 heteroatoms. The molecular weight excluding hydrogens is 236 g/mol. The van der Waals surface area contributed by atoms with Crippen molar-refractivity contribution in [3.8, 4) is 5.75 Å². The smallest absolute Gasteiger partial charge is 0.126 e. The van der Waals surface area contributed by atoms with Crippen LogP contribution in [0.5, 0.6) is 5.75 Å². The number of nitrogens with one attached hydrogen (secondary N) is 1. The first-order valence-corrected chi connectivity index (χ1v) is 6.62. The van der Waals surface area contributed by atoms with Crippen LogP contribution in [0, 0.1) is 0 Å². The van der Waals surface area contributed by atoms with Crippen molar-refractivity contribution in [2.24, 2.45) is 0 Å². The molecule has 2 rings (SSSR count). The molecule has 0 radical (unpaired) electrons. The van der Waals surface area contributed by atoms with Crippen LogP contribution in [0.25, 0.3) is 10.8 Å². The van der Waals surface area contributed by atoms with Gasteiger partial charge >= 0.3 is 0 Å². The Morgan fingerprint density at radius 2 is 1.79 bits per heavy atom. The normalized spacial score (nSPS) is 11.2. The van der Waals surface area contributed by atoms with Gasteiger partial charge in [0.25, 0.3) is 0 Å². The first-order chi connectivity index (χ1) is 9.22. The van der Waals surface area contributed by atoms with Gasteiger partial charge < -0.3 is 15.0 Å². The van der Waals surface area contributed by atoms with Crippen LogP contribution in [-0.4, -0.2) is 39.2 Å². The van der Waals surface area contributed by atoms with Crippen molar-refractivity contribution in [3.63, 3.8) is 0 Å². The third-order valence-electron chi connectivity index (χ3n) is 3.25. The van der Waals surface area contributed by atoms with Crippen LogP contribution in [0.15, 0.2) is 36.4 Å². The van der Waals surface area contributed by atoms with Gasteiger partial charge in [-0.3, -0.25) is 0 Å². The zero-order valence-electron chi connectivity index (χ0n) is 11.9. The van der Waals surface area contributed by atoms with Crippen LogP contribution in [0.1, 0.15) is 5.56 Å². The van der Waals surface area contributed by atoms with E-state index in [-0.39, 0.29) is 0 Å². The van der Waals surface area contributed by atoms with E-state index < -0.39 is 0 Å². The molecule has 0 amide bonds. The van der Waals surface area contributed by atoms with Crippen LogP contribution in [0.3, 0.4) is 0 Å². The lowest BCUT2D eigenvalue weighted by molar-refractivity contribution is 0.400. The van der Waals surface area contributed by atoms with Gasteiger partial charge in [-0.2, -0.15) is 0 Å². The maximum absolute atomic E-state index is 5.41. The molecule has 3 nitrogen and oxygen atoms in total. The SMILES string of the molecule is COc1ccc(CNCCN(C)C)c2ccccc12. The summed E-state index contributed by atoms with van der Waals surface area (Å²) in [4.78, 5) is 2.18. The number of rotatable bonds is 6. The third-order valence-corrected chi connectivity index (χ3v) is 3.25. The number of hydrogen-bond acceptors (Lipinski definition) is 3. The molecule has 0 aliphatic carbocycles. The molecule has 0 aliphatic rings. The van der Waals surface area contributed by atoms with Crippen molar-refractivity contribution < 1.29 is 4.74 Å². The van der Waals surface area contributed by atoms with Crippen molar-refractivity contribution in [1.29, 1.82) is 0 Å². The van der Waals surface area contributed by atoms with Crippen molar-refractivity contribution in [1.82, 2.24) is 10.2 Å². The van der Waals surface area contributed by atoms with E-state index in [1.165, 1.54) is 16.3 Å². The molecule has 0 atom stereocenters. The average Bonchev–Trinajstić information content (AvgIpc) is 2.43. The molecule has 2 aromatic carbocycles. The minimum absolute atomic E-state index is 0.887. The van der Waals surface area contributed by atoms with E-state index in [0.717, 1.165) is 25.4 Å². The standard InChI is InChI=1S/C16H22N2O/c1-18(2)11-10-17-12-13-8-9-16(19-3)15-7-5-4-6-14(13)15/h4-9,17H,10-12H2,1-3H3. The first-order valence-electron chi connectivity index (χ1n) is 6.62. The van der Waals surface area contributed by atoms with Gasteiger partial charge in [-0.1, -0.05) is 30.3 Å². The number of likely N-dealkylation sites (N-methyl/N-ethyl adjacent to an activating group) is 1. The van der Waals surface area contributed by atoms with Gasteiger partial charge in [0.1, 0.15) is 5.75 Å². The summed E-state index contributed by atoms with van der Waals surface area (Å²) in [6.45, 7) is 2.93. The molecule has 0 fully saturated rings. The zero-order valence-corrected chi connectivity index (χ0v) is 11.9. The van der Waals surface area contributed by atoms with E-state index in [1.807, 2.05) is 12.1 Å². The fourth-order valence-corrected chi connectivity index (χ4v) is 2.19. The summed E-state index contributed by atoms with van der Waals surface area (Å²) in [6, 6.07) is 12.6. The maximum Gasteiger partial charge on any atom is 0.126 e. The Kier molecular flexibility index (Phi) is 4.77. The molecule has 0 heterocycles. The molecule has 0 saturated carbocycles. The Bertz CT molecular complexity index is 537. The Morgan fingerprint density at radius 3 is 2.47 bits per heavy atom. The van der Waals surface area contributed by atoms with E-state index in [9.17, 15) is 0 Å². The average molecular weight is 258 g/mol. The predicted molar refractivity (Wildman–Crippen MR) is 80.8 cm³/mol. The monoisotopic (exact) mass is 258 g/mol. The lowest BCUT2D eigenvalue weighted by Gasteiger charge is -2.13. The van der Waals surface area contributed by atoms with Crippen LogP contribution < -0.4 is 10.1 Å². The second-order valence-corrected chi connectivity index (χ2v) is 4.95. The molecular formula is C16H22N2O. The summed E-state index contributed by atoms with van der Waals surface area (Å²) in [5.74, 6) is 0.938. The van der Waals surface area contributed by atoms with Gasteiger partial charge in [0.2, 0.25) is 0 Å². The zero-order chi connectivity index (χ0) is 13.7. The molecule has 0 saturated heterocycles. The minimum Gasteiger partial charge on any atom is -0.496 e. The second kappa shape index (κ2) is 6.55. The molecule has 0 aliphatic heterocycles. The number of nitrogens with zero attached hydrogens (tertiary/aromatic N) is 1. The highest BCUT2D eigenvalue weighted by atomic mass is 16.5. The predicted octanol–water partition coefficient (Wildman–Crippen LogP) is 2.50. The summed E-state index contributed by atoms with van der Waals surface area (Å²) in [5.41, 5.74) is 1.31. The van der Waals surface area contributed by atoms with Gasteiger partial charge in [0, 0.05) is 25.0 Å². The topological polar surface area (TPSA) is 24.5 Å². The number of methoxy groups -OCH3 is 1. The van der Waals surface area contributed by atoms with Gasteiger partial charge in [0.15, 0.2) is 0 Å². The van der Waals surface area contributed by atoms with E-state index in [1.54, 1.807) is 7.11 Å². The van der Waals surface area contributed by atoms with E-state index in [0.29, 0.717) is 0 Å². The van der Waals surface area contributed by atoms with Gasteiger partial charge in [-0.15, -0.1) is 0 Å². The maximum atomic E-state index is 5.41. The van der Waals surface area contributed by atoms with Gasteiger partial charge in [-0.25, -0.2) is 0 Å². The number of fused-ring (bicyclic) bond motifs is 1. The lowest BCUT2D eigenvalue weighted by atomic mass is 10.0. The Labute approximate surface area is 115 Å². The summed E-state index contributed by atoms with van der Waals surface area (Å²) in [7, 11) is 5.89. The summed E-state index contributed by atoms with van der Waals surface area (Å²) in [5, 5.41) is 5.92. The van der Waals surface area contributed by atoms with Crippen molar-refractivity contribution in [3.05, 3.63) is 42.0 Å². The highest BCUT2D eigenvalue weighted by Gasteiger charge is 2.05. The third kappa shape index (κ3) is 3.46. The van der Waals surface area contributed by atoms with Crippen molar-refractivity contribution >= 4 is 10.8 Å². The minimum atomic E-state index is 0.887. The van der Waals surface area contributed by atoms with Crippen molar-refractivity contribution in [2.75, 3.05) is 34.3 Å². The second-order valence-electron chi connectivity index (χ2n) is 4.95. The van der Waals surface area contributed by atoms with Crippen LogP contribution in [-0.2, 0) is 6.54 Å². The largest absolute Gasteiger partial charge is 0.496 e. The highest BCUT2D eigenvalue weighted by molar-refractivity contribution is 5.91. The van der Waals surface area contributed by atoms with Crippen LogP contribution >= 0.6 is 0 Å². The Hall–Kier alpha value is -1.58. The Morgan fingerprint density at radius 1 is 1.05 bits per heavy atom. The number of benzene rings is 2. The number of ether oxygens (including phenoxy) is 1. The van der Waals surface area contributed by atoms with Crippen LogP contribution in [0.4, 0.5) is 0 Å². The van der Waals surface area contributed by atoms with E-state index >= 15 is 0 Å². The molecule has 0 spiro atoms. The summed E-state index contributed by atoms with van der Waals surface area (Å²) in [6.07, 6.45) is 0. The molecule has 1 N–H and O–H groups in total.